The van der Waals surface area contributed by atoms with Gasteiger partial charge in [-0.15, -0.1) is 23.1 Å². The van der Waals surface area contributed by atoms with Crippen molar-refractivity contribution in [2.24, 2.45) is 0 Å². The molecule has 132 valence electrons. The maximum Gasteiger partial charge on any atom is 0.343 e. The summed E-state index contributed by atoms with van der Waals surface area (Å²) in [7, 11) is 0. The van der Waals surface area contributed by atoms with E-state index in [9.17, 15) is 9.59 Å². The average molecular weight is 384 g/mol. The number of thiophene rings is 1. The number of carbonyl (C=O) groups is 2. The molecular weight excluding hydrogens is 368 g/mol. The molecule has 0 saturated carbocycles. The highest BCUT2D eigenvalue weighted by Gasteiger charge is 2.11. The Balaban J connectivity index is 1.62. The molecule has 1 N–H and O–H groups in total. The zero-order chi connectivity index (χ0) is 18.4. The van der Waals surface area contributed by atoms with Crippen LogP contribution in [0, 0.1) is 0 Å². The highest BCUT2D eigenvalue weighted by atomic mass is 32.2. The molecule has 0 atom stereocenters. The molecule has 0 saturated heterocycles. The van der Waals surface area contributed by atoms with Gasteiger partial charge in [0.25, 0.3) is 5.91 Å². The van der Waals surface area contributed by atoms with Crippen LogP contribution in [0.15, 0.2) is 65.1 Å². The van der Waals surface area contributed by atoms with Crippen molar-refractivity contribution in [2.75, 3.05) is 11.1 Å². The maximum atomic E-state index is 12.3. The fourth-order valence-corrected chi connectivity index (χ4v) is 3.40. The third-order valence-corrected chi connectivity index (χ3v) is 5.01. The highest BCUT2D eigenvalue weighted by Crippen LogP contribution is 2.20. The number of hydrogen-bond acceptors (Lipinski definition) is 6. The molecule has 0 radical (unpaired) electrons. The third kappa shape index (κ3) is 4.71. The molecule has 0 fully saturated rings. The van der Waals surface area contributed by atoms with Crippen molar-refractivity contribution in [2.45, 2.75) is 11.9 Å². The maximum absolute atomic E-state index is 12.3. The summed E-state index contributed by atoms with van der Waals surface area (Å²) >= 11 is 2.94. The summed E-state index contributed by atoms with van der Waals surface area (Å²) < 4.78 is 5.38. The first-order valence-electron chi connectivity index (χ1n) is 7.91. The van der Waals surface area contributed by atoms with Crippen molar-refractivity contribution in [1.29, 1.82) is 0 Å². The summed E-state index contributed by atoms with van der Waals surface area (Å²) in [5.74, 6) is 0.679. The van der Waals surface area contributed by atoms with Crippen molar-refractivity contribution in [3.8, 4) is 5.75 Å². The van der Waals surface area contributed by atoms with E-state index in [1.807, 2.05) is 18.4 Å². The summed E-state index contributed by atoms with van der Waals surface area (Å²) in [5, 5.41) is 5.43. The molecule has 3 aromatic rings. The van der Waals surface area contributed by atoms with E-state index < -0.39 is 5.97 Å². The number of hydrogen-bond donors (Lipinski definition) is 1. The van der Waals surface area contributed by atoms with E-state index in [-0.39, 0.29) is 5.91 Å². The van der Waals surface area contributed by atoms with Gasteiger partial charge in [0, 0.05) is 11.9 Å². The summed E-state index contributed by atoms with van der Waals surface area (Å²) in [6, 6.07) is 13.6. The molecule has 2 heterocycles. The van der Waals surface area contributed by atoms with E-state index in [0.717, 1.165) is 10.8 Å². The lowest BCUT2D eigenvalue weighted by Crippen LogP contribution is -2.11. The fraction of sp³-hybridized carbons (Fsp3) is 0.105. The molecule has 3 rings (SSSR count). The van der Waals surface area contributed by atoms with E-state index in [0.29, 0.717) is 21.9 Å². The van der Waals surface area contributed by atoms with Crippen LogP contribution < -0.4 is 10.1 Å². The van der Waals surface area contributed by atoms with Gasteiger partial charge in [-0.2, -0.15) is 0 Å². The van der Waals surface area contributed by atoms with Crippen molar-refractivity contribution < 1.29 is 14.3 Å². The van der Waals surface area contributed by atoms with E-state index in [2.05, 4.69) is 10.3 Å². The second-order valence-corrected chi connectivity index (χ2v) is 7.39. The number of pyridine rings is 1. The van der Waals surface area contributed by atoms with Crippen LogP contribution in [0.5, 0.6) is 5.75 Å². The first-order chi connectivity index (χ1) is 12.7. The Labute approximate surface area is 159 Å². The van der Waals surface area contributed by atoms with E-state index in [4.69, 9.17) is 4.74 Å². The molecule has 0 aliphatic heterocycles. The minimum atomic E-state index is -0.444. The van der Waals surface area contributed by atoms with Crippen molar-refractivity contribution in [1.82, 2.24) is 4.98 Å². The molecule has 5 nitrogen and oxygen atoms in total. The molecule has 2 aromatic heterocycles. The topological polar surface area (TPSA) is 68.3 Å². The molecule has 0 aliphatic carbocycles. The van der Waals surface area contributed by atoms with Gasteiger partial charge >= 0.3 is 5.97 Å². The number of esters is 1. The van der Waals surface area contributed by atoms with E-state index in [1.165, 1.54) is 11.3 Å². The monoisotopic (exact) mass is 384 g/mol. The van der Waals surface area contributed by atoms with Crippen LogP contribution >= 0.6 is 23.1 Å². The minimum Gasteiger partial charge on any atom is -0.423 e. The van der Waals surface area contributed by atoms with Crippen molar-refractivity contribution in [3.05, 3.63) is 70.5 Å². The van der Waals surface area contributed by atoms with Crippen LogP contribution in [0.25, 0.3) is 0 Å². The number of amides is 1. The minimum absolute atomic E-state index is 0.164. The number of carbonyl (C=O) groups excluding carboxylic acids is 2. The zero-order valence-corrected chi connectivity index (χ0v) is 15.6. The van der Waals surface area contributed by atoms with Gasteiger partial charge in [0.2, 0.25) is 0 Å². The number of anilines is 1. The Kier molecular flexibility index (Phi) is 6.04. The highest BCUT2D eigenvalue weighted by molar-refractivity contribution is 7.99. The Hall–Kier alpha value is -2.64. The average Bonchev–Trinajstić information content (AvgIpc) is 3.19. The number of thioether (sulfide) groups is 1. The Morgan fingerprint density at radius 1 is 1.19 bits per heavy atom. The second-order valence-electron chi connectivity index (χ2n) is 5.16. The standard InChI is InChI=1S/C19H16N2O3S2/c1-2-25-17-12-13(9-10-20-17)19(23)24-15-7-5-14(6-8-15)21-18(22)16-4-3-11-26-16/h3-12H,2H2,1H3,(H,21,22). The summed E-state index contributed by atoms with van der Waals surface area (Å²) in [6.45, 7) is 2.02. The van der Waals surface area contributed by atoms with Crippen LogP contribution in [0.3, 0.4) is 0 Å². The second kappa shape index (κ2) is 8.64. The lowest BCUT2D eigenvalue weighted by atomic mass is 10.2. The molecule has 0 bridgehead atoms. The number of ether oxygens (including phenoxy) is 1. The summed E-state index contributed by atoms with van der Waals surface area (Å²) in [5.41, 5.74) is 1.08. The van der Waals surface area contributed by atoms with Crippen LogP contribution in [0.1, 0.15) is 27.0 Å². The molecule has 0 aliphatic rings. The largest absolute Gasteiger partial charge is 0.423 e. The number of nitrogens with one attached hydrogen (secondary N) is 1. The van der Waals surface area contributed by atoms with E-state index >= 15 is 0 Å². The van der Waals surface area contributed by atoms with Gasteiger partial charge in [-0.25, -0.2) is 9.78 Å². The number of aromatic nitrogens is 1. The summed E-state index contributed by atoms with van der Waals surface area (Å²) in [4.78, 5) is 29.1. The van der Waals surface area contributed by atoms with Gasteiger partial charge in [0.15, 0.2) is 0 Å². The van der Waals surface area contributed by atoms with Crippen LogP contribution in [-0.2, 0) is 0 Å². The van der Waals surface area contributed by atoms with Gasteiger partial charge < -0.3 is 10.1 Å². The normalized spacial score (nSPS) is 10.3. The Morgan fingerprint density at radius 2 is 2.00 bits per heavy atom. The predicted octanol–water partition coefficient (Wildman–Crippen LogP) is 4.73. The van der Waals surface area contributed by atoms with Crippen molar-refractivity contribution in [3.63, 3.8) is 0 Å². The van der Waals surface area contributed by atoms with E-state index in [1.54, 1.807) is 60.4 Å². The van der Waals surface area contributed by atoms with Gasteiger partial charge in [-0.3, -0.25) is 4.79 Å². The van der Waals surface area contributed by atoms with Gasteiger partial charge in [-0.05, 0) is 53.6 Å². The lowest BCUT2D eigenvalue weighted by Gasteiger charge is -2.07. The lowest BCUT2D eigenvalue weighted by molar-refractivity contribution is 0.0734. The number of rotatable bonds is 6. The quantitative estimate of drug-likeness (QED) is 0.378. The Bertz CT molecular complexity index is 893. The molecule has 1 amide bonds. The molecule has 1 aromatic carbocycles. The van der Waals surface area contributed by atoms with Gasteiger partial charge in [0.1, 0.15) is 5.75 Å². The van der Waals surface area contributed by atoms with Crippen LogP contribution in [-0.4, -0.2) is 22.6 Å². The summed E-state index contributed by atoms with van der Waals surface area (Å²) in [6.07, 6.45) is 1.60. The molecule has 0 unspecified atom stereocenters. The predicted molar refractivity (Wildman–Crippen MR) is 104 cm³/mol. The Morgan fingerprint density at radius 3 is 2.69 bits per heavy atom. The third-order valence-electron chi connectivity index (χ3n) is 3.33. The van der Waals surface area contributed by atoms with Crippen molar-refractivity contribution >= 4 is 40.7 Å². The molecule has 7 heteroatoms. The molecular formula is C19H16N2O3S2. The smallest absolute Gasteiger partial charge is 0.343 e. The molecule has 0 spiro atoms. The first-order valence-corrected chi connectivity index (χ1v) is 9.78. The molecule has 26 heavy (non-hydrogen) atoms. The van der Waals surface area contributed by atoms with Crippen LogP contribution in [0.4, 0.5) is 5.69 Å². The van der Waals surface area contributed by atoms with Gasteiger partial charge in [-0.1, -0.05) is 13.0 Å². The first kappa shape index (κ1) is 18.2. The van der Waals surface area contributed by atoms with Gasteiger partial charge in [0.05, 0.1) is 15.5 Å². The number of nitrogens with zero attached hydrogens (tertiary/aromatic N) is 1. The van der Waals surface area contributed by atoms with Crippen LogP contribution in [0.2, 0.25) is 0 Å². The SMILES string of the molecule is CCSc1cc(C(=O)Oc2ccc(NC(=O)c3cccs3)cc2)ccn1. The number of benzene rings is 1. The fourth-order valence-electron chi connectivity index (χ4n) is 2.14. The zero-order valence-electron chi connectivity index (χ0n) is 14.0.